The van der Waals surface area contributed by atoms with E-state index < -0.39 is 11.6 Å². The molecule has 4 saturated carbocycles. The summed E-state index contributed by atoms with van der Waals surface area (Å²) >= 11 is 3.36. The molecular formula is C44H43N5O3S2. The van der Waals surface area contributed by atoms with Crippen molar-refractivity contribution in [3.8, 4) is 17.2 Å². The van der Waals surface area contributed by atoms with Gasteiger partial charge in [-0.2, -0.15) is 5.26 Å². The van der Waals surface area contributed by atoms with Crippen LogP contribution < -0.4 is 10.2 Å². The van der Waals surface area contributed by atoms with Crippen LogP contribution in [0.4, 0.5) is 10.9 Å². The summed E-state index contributed by atoms with van der Waals surface area (Å²) in [5.74, 6) is 2.29. The summed E-state index contributed by atoms with van der Waals surface area (Å²) in [4.78, 5) is 40.4. The molecular weight excluding hydrogens is 711 g/mol. The number of aromatic nitrogens is 2. The first-order valence-electron chi connectivity index (χ1n) is 19.0. The van der Waals surface area contributed by atoms with Crippen molar-refractivity contribution in [3.63, 3.8) is 0 Å². The maximum absolute atomic E-state index is 14.0. The molecule has 1 N–H and O–H groups in total. The highest BCUT2D eigenvalue weighted by Gasteiger charge is 2.51. The number of pyridine rings is 1. The number of hydrogen-bond acceptors (Lipinski definition) is 9. The summed E-state index contributed by atoms with van der Waals surface area (Å²) < 4.78 is 7.14. The second kappa shape index (κ2) is 13.5. The van der Waals surface area contributed by atoms with Crippen molar-refractivity contribution in [2.75, 3.05) is 16.8 Å². The number of para-hydroxylation sites is 1. The van der Waals surface area contributed by atoms with Crippen molar-refractivity contribution < 1.29 is 14.3 Å². The Morgan fingerprint density at radius 3 is 2.39 bits per heavy atom. The van der Waals surface area contributed by atoms with Gasteiger partial charge in [-0.25, -0.2) is 14.8 Å². The fourth-order valence-electron chi connectivity index (χ4n) is 9.75. The van der Waals surface area contributed by atoms with E-state index in [2.05, 4.69) is 33.4 Å². The Morgan fingerprint density at radius 2 is 1.67 bits per heavy atom. The van der Waals surface area contributed by atoms with Crippen molar-refractivity contribution in [2.24, 2.45) is 17.8 Å². The minimum absolute atomic E-state index is 0.184. The van der Waals surface area contributed by atoms with Gasteiger partial charge < -0.3 is 9.64 Å². The molecule has 3 aromatic carbocycles. The summed E-state index contributed by atoms with van der Waals surface area (Å²) in [6.07, 6.45) is 8.48. The van der Waals surface area contributed by atoms with Crippen LogP contribution in [0, 0.1) is 29.1 Å². The molecule has 3 heterocycles. The molecule has 10 rings (SSSR count). The molecule has 54 heavy (non-hydrogen) atoms. The second-order valence-electron chi connectivity index (χ2n) is 16.6. The van der Waals surface area contributed by atoms with Crippen LogP contribution in [0.25, 0.3) is 21.3 Å². The smallest absolute Gasteiger partial charge is 0.358 e. The number of fused-ring (bicyclic) bond motifs is 2. The first kappa shape index (κ1) is 35.0. The topological polar surface area (TPSA) is 108 Å². The van der Waals surface area contributed by atoms with Crippen molar-refractivity contribution in [1.29, 1.82) is 5.26 Å². The molecule has 0 spiro atoms. The molecule has 5 aliphatic rings. The SMILES string of the molecule is CC(C)(C)OC(=O)c1nc(N2CCc3cccc(C(=O)Nc4nc5ccccc5s4)c3C2)ccc1-c1cccc(SC23CC4CC(CC(C4)C2)C3)c1C#N. The van der Waals surface area contributed by atoms with Crippen LogP contribution in [0.1, 0.15) is 96.8 Å². The molecule has 0 saturated heterocycles. The third-order valence-electron chi connectivity index (χ3n) is 11.6. The van der Waals surface area contributed by atoms with Gasteiger partial charge in [0.15, 0.2) is 10.8 Å². The van der Waals surface area contributed by atoms with Crippen LogP contribution in [-0.4, -0.2) is 38.7 Å². The molecule has 1 aliphatic heterocycles. The monoisotopic (exact) mass is 753 g/mol. The number of nitrogens with zero attached hydrogens (tertiary/aromatic N) is 4. The molecule has 5 aromatic rings. The van der Waals surface area contributed by atoms with Crippen LogP contribution in [-0.2, 0) is 17.7 Å². The predicted molar refractivity (Wildman–Crippen MR) is 215 cm³/mol. The molecule has 274 valence electrons. The van der Waals surface area contributed by atoms with E-state index in [-0.39, 0.29) is 16.3 Å². The van der Waals surface area contributed by atoms with Gasteiger partial charge in [0.05, 0.1) is 15.8 Å². The normalized spacial score (nSPS) is 22.9. The summed E-state index contributed by atoms with van der Waals surface area (Å²) in [6.45, 7) is 6.65. The highest BCUT2D eigenvalue weighted by molar-refractivity contribution is 8.00. The minimum atomic E-state index is -0.740. The van der Waals surface area contributed by atoms with Gasteiger partial charge in [0.25, 0.3) is 5.91 Å². The number of thioether (sulfide) groups is 1. The quantitative estimate of drug-likeness (QED) is 0.164. The van der Waals surface area contributed by atoms with E-state index in [9.17, 15) is 14.9 Å². The van der Waals surface area contributed by atoms with Crippen LogP contribution >= 0.6 is 23.1 Å². The largest absolute Gasteiger partial charge is 0.455 e. The Balaban J connectivity index is 1.04. The zero-order valence-corrected chi connectivity index (χ0v) is 32.5. The molecule has 1 amide bonds. The Hall–Kier alpha value is -4.72. The summed E-state index contributed by atoms with van der Waals surface area (Å²) in [5.41, 5.74) is 4.80. The Bertz CT molecular complexity index is 2290. The number of carbonyl (C=O) groups excluding carboxylic acids is 2. The first-order chi connectivity index (χ1) is 26.0. The number of nitrogens with one attached hydrogen (secondary N) is 1. The lowest BCUT2D eigenvalue weighted by Gasteiger charge is -2.56. The number of amides is 1. The zero-order chi connectivity index (χ0) is 37.2. The van der Waals surface area contributed by atoms with E-state index in [0.29, 0.717) is 52.7 Å². The lowest BCUT2D eigenvalue weighted by Crippen LogP contribution is -2.48. The average molecular weight is 754 g/mol. The molecule has 4 bridgehead atoms. The van der Waals surface area contributed by atoms with Crippen LogP contribution in [0.3, 0.4) is 0 Å². The van der Waals surface area contributed by atoms with E-state index in [1.54, 1.807) is 0 Å². The Kier molecular flexibility index (Phi) is 8.78. The van der Waals surface area contributed by atoms with Gasteiger partial charge in [-0.15, -0.1) is 11.8 Å². The molecule has 8 nitrogen and oxygen atoms in total. The highest BCUT2D eigenvalue weighted by atomic mass is 32.2. The van der Waals surface area contributed by atoms with Crippen LogP contribution in [0.2, 0.25) is 0 Å². The van der Waals surface area contributed by atoms with Crippen LogP contribution in [0.5, 0.6) is 0 Å². The number of carbonyl (C=O) groups is 2. The van der Waals surface area contributed by atoms with E-state index in [0.717, 1.165) is 44.0 Å². The van der Waals surface area contributed by atoms with Crippen molar-refractivity contribution in [1.82, 2.24) is 9.97 Å². The number of rotatable bonds is 7. The number of nitriles is 1. The zero-order valence-electron chi connectivity index (χ0n) is 30.9. The number of hydrogen-bond donors (Lipinski definition) is 1. The van der Waals surface area contributed by atoms with E-state index in [4.69, 9.17) is 9.72 Å². The number of benzene rings is 3. The molecule has 4 aliphatic carbocycles. The van der Waals surface area contributed by atoms with E-state index in [1.807, 2.05) is 93.2 Å². The maximum atomic E-state index is 14.0. The van der Waals surface area contributed by atoms with Gasteiger partial charge >= 0.3 is 5.97 Å². The lowest BCUT2D eigenvalue weighted by molar-refractivity contribution is 0.00637. The summed E-state index contributed by atoms with van der Waals surface area (Å²) in [6, 6.07) is 26.1. The van der Waals surface area contributed by atoms with Gasteiger partial charge in [0, 0.05) is 39.4 Å². The molecule has 4 fully saturated rings. The summed E-state index contributed by atoms with van der Waals surface area (Å²) in [5, 5.41) is 14.3. The third kappa shape index (κ3) is 6.66. The molecule has 0 radical (unpaired) electrons. The van der Waals surface area contributed by atoms with E-state index >= 15 is 0 Å². The summed E-state index contributed by atoms with van der Waals surface area (Å²) in [7, 11) is 0. The Labute approximate surface area is 324 Å². The predicted octanol–water partition coefficient (Wildman–Crippen LogP) is 10.1. The van der Waals surface area contributed by atoms with Crippen molar-refractivity contribution >= 4 is 56.1 Å². The molecule has 2 aromatic heterocycles. The van der Waals surface area contributed by atoms with Gasteiger partial charge in [0.2, 0.25) is 0 Å². The Morgan fingerprint density at radius 1 is 0.926 bits per heavy atom. The third-order valence-corrected chi connectivity index (χ3v) is 14.0. The fraction of sp³-hybridized carbons (Fsp3) is 0.386. The second-order valence-corrected chi connectivity index (χ2v) is 19.2. The molecule has 10 heteroatoms. The van der Waals surface area contributed by atoms with Gasteiger partial charge in [0.1, 0.15) is 17.5 Å². The van der Waals surface area contributed by atoms with Gasteiger partial charge in [-0.3, -0.25) is 10.1 Å². The molecule has 0 atom stereocenters. The first-order valence-corrected chi connectivity index (χ1v) is 20.7. The van der Waals surface area contributed by atoms with Gasteiger partial charge in [-0.05, 0) is 131 Å². The van der Waals surface area contributed by atoms with Crippen molar-refractivity contribution in [3.05, 3.63) is 101 Å². The van der Waals surface area contributed by atoms with Crippen LogP contribution in [0.15, 0.2) is 77.7 Å². The minimum Gasteiger partial charge on any atom is -0.455 e. The van der Waals surface area contributed by atoms with E-state index in [1.165, 1.54) is 49.9 Å². The standard InChI is InChI=1S/C44H43N5O3S2/c1-43(2,3)52-41(51)39-31(30-9-7-13-36(33(30)24-45)54-44-21-26-18-27(22-44)20-28(19-26)23-44)14-15-38(47-39)49-17-16-29-8-6-10-32(34(29)25-49)40(50)48-42-46-35-11-4-5-12-37(35)53-42/h4-15,26-28H,16-23,25H2,1-3H3,(H,46,48,50). The van der Waals surface area contributed by atoms with Crippen molar-refractivity contribution in [2.45, 2.75) is 87.5 Å². The highest BCUT2D eigenvalue weighted by Crippen LogP contribution is 2.62. The fourth-order valence-corrected chi connectivity index (χ4v) is 12.4. The van der Waals surface area contributed by atoms with Gasteiger partial charge in [-0.1, -0.05) is 47.7 Å². The number of anilines is 2. The molecule has 0 unspecified atom stereocenters. The lowest BCUT2D eigenvalue weighted by atomic mass is 9.56. The number of thiazole rings is 1. The number of ether oxygens (including phenoxy) is 1. The maximum Gasteiger partial charge on any atom is 0.358 e. The average Bonchev–Trinajstić information content (AvgIpc) is 3.55. The number of esters is 1.